The molecule has 4 nitrogen and oxygen atoms in total. The van der Waals surface area contributed by atoms with Crippen molar-refractivity contribution in [2.75, 3.05) is 24.2 Å². The van der Waals surface area contributed by atoms with E-state index in [2.05, 4.69) is 61.4 Å². The van der Waals surface area contributed by atoms with Crippen molar-refractivity contribution in [2.45, 2.75) is 39.1 Å². The minimum Gasteiger partial charge on any atom is -0.372 e. The normalized spacial score (nSPS) is 11.8. The van der Waals surface area contributed by atoms with Gasteiger partial charge in [0.15, 0.2) is 9.84 Å². The van der Waals surface area contributed by atoms with Crippen molar-refractivity contribution in [1.82, 2.24) is 4.57 Å². The van der Waals surface area contributed by atoms with Crippen molar-refractivity contribution in [2.24, 2.45) is 0 Å². The summed E-state index contributed by atoms with van der Waals surface area (Å²) in [5.41, 5.74) is 6.47. The van der Waals surface area contributed by atoms with Gasteiger partial charge in [-0.2, -0.15) is 0 Å². The zero-order valence-corrected chi connectivity index (χ0v) is 22.0. The molecule has 6 heteroatoms. The maximum absolute atomic E-state index is 13.0. The zero-order chi connectivity index (χ0) is 24.6. The van der Waals surface area contributed by atoms with Crippen LogP contribution in [0.4, 0.5) is 5.69 Å². The van der Waals surface area contributed by atoms with E-state index in [1.165, 1.54) is 6.26 Å². The van der Waals surface area contributed by atoms with Crippen molar-refractivity contribution in [1.29, 1.82) is 0 Å². The largest absolute Gasteiger partial charge is 0.372 e. The number of aryl methyl sites for hydroxylation is 1. The van der Waals surface area contributed by atoms with Gasteiger partial charge >= 0.3 is 0 Å². The predicted octanol–water partition coefficient (Wildman–Crippen LogP) is 7.21. The highest BCUT2D eigenvalue weighted by Gasteiger charge is 2.26. The smallest absolute Gasteiger partial charge is 0.176 e. The summed E-state index contributed by atoms with van der Waals surface area (Å²) in [4.78, 5) is 2.57. The summed E-state index contributed by atoms with van der Waals surface area (Å²) < 4.78 is 28.2. The molecular weight excluding hydrogens is 464 g/mol. The Bertz CT molecular complexity index is 1450. The SMILES string of the molecule is CCN(CC)c1ccc(-c2c(Cl)ccc(S(C)(=O)=O)c2-c2c(C)n(CC)c3ccccc23)cc1. The van der Waals surface area contributed by atoms with Gasteiger partial charge in [-0.1, -0.05) is 41.9 Å². The maximum Gasteiger partial charge on any atom is 0.176 e. The van der Waals surface area contributed by atoms with E-state index in [0.29, 0.717) is 15.5 Å². The van der Waals surface area contributed by atoms with Gasteiger partial charge in [0.25, 0.3) is 0 Å². The molecule has 178 valence electrons. The second-order valence-corrected chi connectivity index (χ2v) is 10.9. The number of fused-ring (bicyclic) bond motifs is 1. The lowest BCUT2D eigenvalue weighted by atomic mass is 9.92. The summed E-state index contributed by atoms with van der Waals surface area (Å²) in [7, 11) is -3.52. The molecule has 0 fully saturated rings. The summed E-state index contributed by atoms with van der Waals surface area (Å²) in [5.74, 6) is 0. The standard InChI is InChI=1S/C28H31ClN2O2S/c1-6-30(7-2)21-15-13-20(14-16-21)27-23(29)17-18-25(34(5,32)33)28(27)26-19(4)31(8-3)24-12-10-9-11-22(24)26/h9-18H,6-8H2,1-5H3. The fourth-order valence-corrected chi connectivity index (χ4v) is 6.14. The summed E-state index contributed by atoms with van der Waals surface area (Å²) in [6.07, 6.45) is 1.27. The van der Waals surface area contributed by atoms with Crippen LogP contribution in [0.3, 0.4) is 0 Å². The number of para-hydroxylation sites is 1. The molecule has 0 N–H and O–H groups in total. The third-order valence-electron chi connectivity index (χ3n) is 6.60. The first-order valence-electron chi connectivity index (χ1n) is 11.7. The predicted molar refractivity (Wildman–Crippen MR) is 145 cm³/mol. The van der Waals surface area contributed by atoms with Gasteiger partial charge in [0.05, 0.1) is 4.90 Å². The first-order valence-corrected chi connectivity index (χ1v) is 14.0. The lowest BCUT2D eigenvalue weighted by molar-refractivity contribution is 0.602. The number of benzene rings is 3. The molecule has 0 spiro atoms. The number of sulfone groups is 1. The fraction of sp³-hybridized carbons (Fsp3) is 0.286. The highest BCUT2D eigenvalue weighted by atomic mass is 35.5. The van der Waals surface area contributed by atoms with E-state index in [-0.39, 0.29) is 0 Å². The Kier molecular flexibility index (Phi) is 6.79. The molecule has 0 saturated heterocycles. The van der Waals surface area contributed by atoms with Gasteiger partial charge in [0, 0.05) is 69.9 Å². The van der Waals surface area contributed by atoms with Crippen molar-refractivity contribution in [3.05, 3.63) is 71.4 Å². The lowest BCUT2D eigenvalue weighted by Crippen LogP contribution is -2.21. The van der Waals surface area contributed by atoms with E-state index in [9.17, 15) is 8.42 Å². The molecule has 0 radical (unpaired) electrons. The van der Waals surface area contributed by atoms with Gasteiger partial charge in [0.1, 0.15) is 0 Å². The molecule has 4 aromatic rings. The van der Waals surface area contributed by atoms with Crippen LogP contribution in [0.1, 0.15) is 26.5 Å². The molecule has 3 aromatic carbocycles. The van der Waals surface area contributed by atoms with E-state index in [4.69, 9.17) is 11.6 Å². The van der Waals surface area contributed by atoms with Gasteiger partial charge in [-0.25, -0.2) is 8.42 Å². The summed E-state index contributed by atoms with van der Waals surface area (Å²) in [6.45, 7) is 11.0. The summed E-state index contributed by atoms with van der Waals surface area (Å²) in [5, 5.41) is 1.56. The monoisotopic (exact) mass is 494 g/mol. The third-order valence-corrected chi connectivity index (χ3v) is 8.05. The Morgan fingerprint density at radius 2 is 1.50 bits per heavy atom. The number of hydrogen-bond acceptors (Lipinski definition) is 3. The number of hydrogen-bond donors (Lipinski definition) is 0. The average molecular weight is 495 g/mol. The molecule has 34 heavy (non-hydrogen) atoms. The topological polar surface area (TPSA) is 42.3 Å². The Labute approximate surface area is 207 Å². The van der Waals surface area contributed by atoms with E-state index in [1.807, 2.05) is 24.3 Å². The Morgan fingerprint density at radius 1 is 0.853 bits per heavy atom. The second kappa shape index (κ2) is 9.47. The van der Waals surface area contributed by atoms with Crippen molar-refractivity contribution in [3.63, 3.8) is 0 Å². The molecule has 4 rings (SSSR count). The molecule has 0 aliphatic heterocycles. The van der Waals surface area contributed by atoms with Crippen LogP contribution in [0.25, 0.3) is 33.2 Å². The molecule has 1 aromatic heterocycles. The maximum atomic E-state index is 13.0. The van der Waals surface area contributed by atoms with E-state index < -0.39 is 9.84 Å². The average Bonchev–Trinajstić information content (AvgIpc) is 3.10. The van der Waals surface area contributed by atoms with E-state index in [0.717, 1.165) is 58.6 Å². The molecule has 0 aliphatic carbocycles. The minimum absolute atomic E-state index is 0.293. The lowest BCUT2D eigenvalue weighted by Gasteiger charge is -2.22. The first-order chi connectivity index (χ1) is 16.2. The van der Waals surface area contributed by atoms with Crippen molar-refractivity contribution in [3.8, 4) is 22.3 Å². The number of anilines is 1. The number of halogens is 1. The number of rotatable bonds is 7. The summed E-state index contributed by atoms with van der Waals surface area (Å²) in [6, 6.07) is 19.7. The van der Waals surface area contributed by atoms with Crippen LogP contribution in [0.5, 0.6) is 0 Å². The van der Waals surface area contributed by atoms with E-state index >= 15 is 0 Å². The molecule has 0 bridgehead atoms. The molecular formula is C28H31ClN2O2S. The molecule has 0 unspecified atom stereocenters. The molecule has 0 saturated carbocycles. The quantitative estimate of drug-likeness (QED) is 0.272. The van der Waals surface area contributed by atoms with Crippen molar-refractivity contribution < 1.29 is 8.42 Å². The van der Waals surface area contributed by atoms with Crippen LogP contribution >= 0.6 is 11.6 Å². The fourth-order valence-electron chi connectivity index (χ4n) is 4.98. The van der Waals surface area contributed by atoms with Gasteiger partial charge in [0.2, 0.25) is 0 Å². The Balaban J connectivity index is 2.10. The van der Waals surface area contributed by atoms with Gasteiger partial charge < -0.3 is 9.47 Å². The van der Waals surface area contributed by atoms with Crippen LogP contribution in [-0.2, 0) is 16.4 Å². The van der Waals surface area contributed by atoms with Gasteiger partial charge in [-0.15, -0.1) is 0 Å². The van der Waals surface area contributed by atoms with Crippen LogP contribution in [0.2, 0.25) is 5.02 Å². The second-order valence-electron chi connectivity index (χ2n) is 8.51. The molecule has 1 heterocycles. The van der Waals surface area contributed by atoms with E-state index in [1.54, 1.807) is 12.1 Å². The Morgan fingerprint density at radius 3 is 2.09 bits per heavy atom. The minimum atomic E-state index is -3.52. The Hall–Kier alpha value is -2.76. The molecule has 0 aliphatic rings. The van der Waals surface area contributed by atoms with Gasteiger partial charge in [-0.3, -0.25) is 0 Å². The molecule has 0 amide bonds. The summed E-state index contributed by atoms with van der Waals surface area (Å²) >= 11 is 6.82. The highest BCUT2D eigenvalue weighted by molar-refractivity contribution is 7.90. The van der Waals surface area contributed by atoms with Crippen LogP contribution < -0.4 is 4.90 Å². The number of aromatic nitrogens is 1. The first kappa shape index (κ1) is 24.4. The van der Waals surface area contributed by atoms with Crippen LogP contribution in [0, 0.1) is 6.92 Å². The van der Waals surface area contributed by atoms with Crippen molar-refractivity contribution >= 4 is 38.0 Å². The van der Waals surface area contributed by atoms with Crippen LogP contribution in [0.15, 0.2) is 65.6 Å². The highest BCUT2D eigenvalue weighted by Crippen LogP contribution is 2.46. The third kappa shape index (κ3) is 4.12. The number of nitrogens with zero attached hydrogens (tertiary/aromatic N) is 2. The zero-order valence-electron chi connectivity index (χ0n) is 20.4. The van der Waals surface area contributed by atoms with Gasteiger partial charge in [-0.05, 0) is 63.6 Å². The van der Waals surface area contributed by atoms with Crippen LogP contribution in [-0.4, -0.2) is 32.3 Å². The molecule has 0 atom stereocenters.